The molecule has 144 valence electrons. The van der Waals surface area contributed by atoms with E-state index in [1.807, 2.05) is 25.1 Å². The zero-order chi connectivity index (χ0) is 20.3. The van der Waals surface area contributed by atoms with Gasteiger partial charge in [0.1, 0.15) is 6.54 Å². The molecule has 0 radical (unpaired) electrons. The minimum absolute atomic E-state index is 0.0215. The molecule has 0 atom stereocenters. The predicted molar refractivity (Wildman–Crippen MR) is 108 cm³/mol. The van der Waals surface area contributed by atoms with Gasteiger partial charge < -0.3 is 9.30 Å². The monoisotopic (exact) mass is 396 g/mol. The second-order valence-electron chi connectivity index (χ2n) is 6.30. The molecule has 2 aromatic carbocycles. The number of nitrogens with zero attached hydrogens (tertiary/aromatic N) is 2. The molecule has 0 aliphatic heterocycles. The zero-order valence-electron chi connectivity index (χ0n) is 15.9. The lowest BCUT2D eigenvalue weighted by molar-refractivity contribution is -0.143. The number of fused-ring (bicyclic) bond motifs is 1. The van der Waals surface area contributed by atoms with E-state index in [-0.39, 0.29) is 24.9 Å². The van der Waals surface area contributed by atoms with Crippen LogP contribution in [0.4, 0.5) is 0 Å². The molecule has 0 unspecified atom stereocenters. The number of rotatable bonds is 5. The lowest BCUT2D eigenvalue weighted by Crippen LogP contribution is -2.23. The Hall–Kier alpha value is -3.06. The van der Waals surface area contributed by atoms with Crippen molar-refractivity contribution in [2.24, 2.45) is 4.99 Å². The first-order valence-corrected chi connectivity index (χ1v) is 9.66. The molecule has 3 rings (SSSR count). The van der Waals surface area contributed by atoms with Crippen LogP contribution in [-0.4, -0.2) is 28.8 Å². The van der Waals surface area contributed by atoms with Crippen molar-refractivity contribution in [3.63, 3.8) is 0 Å². The van der Waals surface area contributed by atoms with Gasteiger partial charge in [0.05, 0.1) is 16.8 Å². The third-order valence-electron chi connectivity index (χ3n) is 4.17. The lowest BCUT2D eigenvalue weighted by atomic mass is 10.1. The molecule has 3 aromatic rings. The van der Waals surface area contributed by atoms with Gasteiger partial charge in [0, 0.05) is 11.1 Å². The summed E-state index contributed by atoms with van der Waals surface area (Å²) < 4.78 is 7.68. The third-order valence-corrected chi connectivity index (χ3v) is 5.21. The fourth-order valence-electron chi connectivity index (χ4n) is 2.75. The van der Waals surface area contributed by atoms with Gasteiger partial charge in [-0.3, -0.25) is 14.4 Å². The number of ketones is 1. The normalized spacial score (nSPS) is 11.6. The fourth-order valence-corrected chi connectivity index (χ4v) is 3.88. The Morgan fingerprint density at radius 2 is 1.75 bits per heavy atom. The number of aromatic nitrogens is 1. The van der Waals surface area contributed by atoms with Gasteiger partial charge in [-0.2, -0.15) is 4.99 Å². The fraction of sp³-hybridized carbons (Fsp3) is 0.238. The highest BCUT2D eigenvalue weighted by atomic mass is 32.1. The average Bonchev–Trinajstić information content (AvgIpc) is 2.98. The smallest absolute Gasteiger partial charge is 0.326 e. The highest BCUT2D eigenvalue weighted by molar-refractivity contribution is 7.16. The molecule has 0 saturated carbocycles. The van der Waals surface area contributed by atoms with E-state index in [9.17, 15) is 14.4 Å². The number of amides is 1. The molecule has 0 fully saturated rings. The summed E-state index contributed by atoms with van der Waals surface area (Å²) in [5, 5.41) is 0. The van der Waals surface area contributed by atoms with E-state index in [1.165, 1.54) is 18.3 Å². The number of esters is 1. The SMILES string of the molecule is CCOC(=O)Cn1c(=NC(=O)c2ccc(C(C)=O)cc2)sc2cc(C)ccc21. The summed E-state index contributed by atoms with van der Waals surface area (Å²) in [6, 6.07) is 12.2. The lowest BCUT2D eigenvalue weighted by Gasteiger charge is -2.05. The van der Waals surface area contributed by atoms with Crippen LogP contribution in [0.1, 0.15) is 40.1 Å². The van der Waals surface area contributed by atoms with Gasteiger partial charge in [0.2, 0.25) is 0 Å². The van der Waals surface area contributed by atoms with Crippen molar-refractivity contribution >= 4 is 39.2 Å². The van der Waals surface area contributed by atoms with Crippen LogP contribution in [-0.2, 0) is 16.1 Å². The van der Waals surface area contributed by atoms with Gasteiger partial charge in [-0.15, -0.1) is 0 Å². The quantitative estimate of drug-likeness (QED) is 0.488. The number of hydrogen-bond acceptors (Lipinski definition) is 5. The molecular formula is C21H20N2O4S. The van der Waals surface area contributed by atoms with Gasteiger partial charge in [0.15, 0.2) is 10.6 Å². The summed E-state index contributed by atoms with van der Waals surface area (Å²) in [5.41, 5.74) is 2.81. The Balaban J connectivity index is 2.05. The van der Waals surface area contributed by atoms with E-state index in [1.54, 1.807) is 35.8 Å². The zero-order valence-corrected chi connectivity index (χ0v) is 16.7. The number of Topliss-reactive ketones (excluding diaryl/α,β-unsaturated/α-hetero) is 1. The van der Waals surface area contributed by atoms with Crippen LogP contribution < -0.4 is 4.80 Å². The summed E-state index contributed by atoms with van der Waals surface area (Å²) >= 11 is 1.34. The standard InChI is InChI=1S/C21H20N2O4S/c1-4-27-19(25)12-23-17-10-5-13(2)11-18(17)28-21(23)22-20(26)16-8-6-15(7-9-16)14(3)24/h5-11H,4,12H2,1-3H3. The molecule has 0 aliphatic carbocycles. The van der Waals surface area contributed by atoms with Crippen molar-refractivity contribution in [1.82, 2.24) is 4.57 Å². The van der Waals surface area contributed by atoms with Crippen LogP contribution in [0.25, 0.3) is 10.2 Å². The van der Waals surface area contributed by atoms with Gasteiger partial charge in [0.25, 0.3) is 5.91 Å². The minimum atomic E-state index is -0.434. The second-order valence-corrected chi connectivity index (χ2v) is 7.31. The van der Waals surface area contributed by atoms with E-state index in [0.29, 0.717) is 15.9 Å². The third kappa shape index (κ3) is 4.26. The van der Waals surface area contributed by atoms with Crippen molar-refractivity contribution in [2.45, 2.75) is 27.3 Å². The maximum atomic E-state index is 12.6. The highest BCUT2D eigenvalue weighted by Gasteiger charge is 2.13. The Labute approximate surface area is 166 Å². The Morgan fingerprint density at radius 1 is 1.07 bits per heavy atom. The summed E-state index contributed by atoms with van der Waals surface area (Å²) in [7, 11) is 0. The maximum absolute atomic E-state index is 12.6. The summed E-state index contributed by atoms with van der Waals surface area (Å²) in [4.78, 5) is 40.7. The molecule has 0 saturated heterocycles. The summed E-state index contributed by atoms with van der Waals surface area (Å²) in [5.74, 6) is -0.887. The summed E-state index contributed by atoms with van der Waals surface area (Å²) in [6.45, 7) is 5.46. The van der Waals surface area contributed by atoms with Crippen LogP contribution in [0.15, 0.2) is 47.5 Å². The van der Waals surface area contributed by atoms with E-state index in [0.717, 1.165) is 15.8 Å². The van der Waals surface area contributed by atoms with Crippen molar-refractivity contribution in [3.8, 4) is 0 Å². The number of benzene rings is 2. The highest BCUT2D eigenvalue weighted by Crippen LogP contribution is 2.19. The minimum Gasteiger partial charge on any atom is -0.465 e. The van der Waals surface area contributed by atoms with Crippen molar-refractivity contribution in [1.29, 1.82) is 0 Å². The first-order valence-electron chi connectivity index (χ1n) is 8.84. The van der Waals surface area contributed by atoms with E-state index >= 15 is 0 Å². The second kappa shape index (κ2) is 8.31. The molecule has 1 amide bonds. The molecular weight excluding hydrogens is 376 g/mol. The van der Waals surface area contributed by atoms with Crippen LogP contribution in [0.2, 0.25) is 0 Å². The average molecular weight is 396 g/mol. The van der Waals surface area contributed by atoms with Gasteiger partial charge in [-0.25, -0.2) is 0 Å². The molecule has 0 bridgehead atoms. The Bertz CT molecular complexity index is 1120. The number of thiazole rings is 1. The number of hydrogen-bond donors (Lipinski definition) is 0. The van der Waals surface area contributed by atoms with E-state index in [2.05, 4.69) is 4.99 Å². The molecule has 0 N–H and O–H groups in total. The topological polar surface area (TPSA) is 77.7 Å². The molecule has 1 aromatic heterocycles. The van der Waals surface area contributed by atoms with Crippen LogP contribution in [0.5, 0.6) is 0 Å². The maximum Gasteiger partial charge on any atom is 0.326 e. The summed E-state index contributed by atoms with van der Waals surface area (Å²) in [6.07, 6.45) is 0. The molecule has 0 spiro atoms. The van der Waals surface area contributed by atoms with Crippen molar-refractivity contribution in [3.05, 3.63) is 64.0 Å². The number of aryl methyl sites for hydroxylation is 1. The number of ether oxygens (including phenoxy) is 1. The Morgan fingerprint density at radius 3 is 2.39 bits per heavy atom. The van der Waals surface area contributed by atoms with E-state index in [4.69, 9.17) is 4.74 Å². The first kappa shape index (κ1) is 19.7. The molecule has 6 nitrogen and oxygen atoms in total. The first-order chi connectivity index (χ1) is 13.4. The molecule has 0 aliphatic rings. The van der Waals surface area contributed by atoms with Crippen LogP contribution in [0.3, 0.4) is 0 Å². The largest absolute Gasteiger partial charge is 0.465 e. The van der Waals surface area contributed by atoms with Gasteiger partial charge >= 0.3 is 5.97 Å². The van der Waals surface area contributed by atoms with Crippen molar-refractivity contribution in [2.75, 3.05) is 6.61 Å². The van der Waals surface area contributed by atoms with Crippen LogP contribution in [0, 0.1) is 6.92 Å². The molecule has 7 heteroatoms. The molecule has 1 heterocycles. The van der Waals surface area contributed by atoms with Gasteiger partial charge in [-0.05, 0) is 50.6 Å². The Kier molecular flexibility index (Phi) is 5.84. The van der Waals surface area contributed by atoms with E-state index < -0.39 is 5.91 Å². The van der Waals surface area contributed by atoms with Crippen molar-refractivity contribution < 1.29 is 19.1 Å². The predicted octanol–water partition coefficient (Wildman–Crippen LogP) is 3.52. The number of carbonyl (C=O) groups is 3. The van der Waals surface area contributed by atoms with Gasteiger partial charge in [-0.1, -0.05) is 29.5 Å². The van der Waals surface area contributed by atoms with Crippen LogP contribution >= 0.6 is 11.3 Å². The number of carbonyl (C=O) groups excluding carboxylic acids is 3. The molecule has 28 heavy (non-hydrogen) atoms.